The van der Waals surface area contributed by atoms with Gasteiger partial charge in [0.05, 0.1) is 0 Å². The van der Waals surface area contributed by atoms with Crippen LogP contribution in [0.2, 0.25) is 0 Å². The van der Waals surface area contributed by atoms with Gasteiger partial charge in [-0.25, -0.2) is 9.59 Å². The maximum atomic E-state index is 14.6. The van der Waals surface area contributed by atoms with Gasteiger partial charge in [-0.15, -0.1) is 22.0 Å². The molecule has 3 aliphatic rings. The summed E-state index contributed by atoms with van der Waals surface area (Å²) in [5.74, 6) is -3.99. The predicted octanol–water partition coefficient (Wildman–Crippen LogP) is 2.83. The molecule has 0 aliphatic carbocycles. The molecule has 0 saturated carbocycles. The van der Waals surface area contributed by atoms with E-state index in [0.29, 0.717) is 21.0 Å². The van der Waals surface area contributed by atoms with Crippen molar-refractivity contribution >= 4 is 76.9 Å². The highest BCUT2D eigenvalue weighted by Crippen LogP contribution is 2.47. The van der Waals surface area contributed by atoms with E-state index in [2.05, 4.69) is 26.1 Å². The lowest BCUT2D eigenvalue weighted by atomic mass is 9.94. The first-order valence-electron chi connectivity index (χ1n) is 18.0. The van der Waals surface area contributed by atoms with Crippen molar-refractivity contribution in [2.45, 2.75) is 34.4 Å². The van der Waals surface area contributed by atoms with Gasteiger partial charge in [0.2, 0.25) is 18.0 Å². The second-order valence-corrected chi connectivity index (χ2v) is 16.2. The van der Waals surface area contributed by atoms with Crippen molar-refractivity contribution < 1.29 is 38.3 Å². The number of piperazine rings is 1. The van der Waals surface area contributed by atoms with Crippen LogP contribution in [0.5, 0.6) is 0 Å². The average Bonchev–Trinajstić information content (AvgIpc) is 3.79. The number of urea groups is 1. The Morgan fingerprint density at radius 3 is 2.16 bits per heavy atom. The third kappa shape index (κ3) is 7.92. The van der Waals surface area contributed by atoms with E-state index in [0.717, 1.165) is 4.90 Å². The Balaban J connectivity index is 1.19. The van der Waals surface area contributed by atoms with E-state index in [-0.39, 0.29) is 48.8 Å². The van der Waals surface area contributed by atoms with Crippen molar-refractivity contribution in [2.24, 2.45) is 0 Å². The molecule has 1 unspecified atom stereocenters. The number of β-lactam (4-membered cyclic amide) rings is 1. The first-order chi connectivity index (χ1) is 28.2. The van der Waals surface area contributed by atoms with Crippen molar-refractivity contribution in [1.82, 2.24) is 40.8 Å². The molecule has 2 fully saturated rings. The van der Waals surface area contributed by atoms with Gasteiger partial charge in [0, 0.05) is 31.1 Å². The highest BCUT2D eigenvalue weighted by atomic mass is 32.2. The Kier molecular flexibility index (Phi) is 12.2. The molecule has 7 amide bonds. The third-order valence-corrected chi connectivity index (χ3v) is 13.0. The van der Waals surface area contributed by atoms with Crippen molar-refractivity contribution in [3.05, 3.63) is 124 Å². The number of carbonyl (C=O) groups excluding carboxylic acids is 7. The molecular weight excluding hydrogens is 805 g/mol. The van der Waals surface area contributed by atoms with Crippen LogP contribution >= 0.6 is 34.9 Å². The molecule has 4 aromatic rings. The van der Waals surface area contributed by atoms with Gasteiger partial charge in [-0.1, -0.05) is 114 Å². The Hall–Kier alpha value is -6.05. The number of fused-ring (bicyclic) bond motifs is 1. The molecule has 0 radical (unpaired) electrons. The van der Waals surface area contributed by atoms with Crippen LogP contribution in [0, 0.1) is 0 Å². The van der Waals surface area contributed by atoms with Gasteiger partial charge in [0.1, 0.15) is 22.6 Å². The van der Waals surface area contributed by atoms with Crippen LogP contribution in [-0.2, 0) is 33.5 Å². The number of benzene rings is 3. The standard InChI is InChI=1S/C39H36N8O8S3/c1-2-45-18-19-46(33(51)32(45)50)37(54)42-28(24-12-6-3-7-13-24)31(49)43-39(40-22-48)35(53)47-29(27(20-56-36(39)47)21-57-38-44-41-23-58-38)34(52)55-30(25-14-8-4-9-15-25)26-16-10-5-11-17-26/h3-17,22-23,28,30,36H,2,18-21H2,1H3,(H,40,48)(H,42,54)(H,43,49)/t28?,36-,39+/m0/s1. The van der Waals surface area contributed by atoms with Crippen molar-refractivity contribution in [3.8, 4) is 0 Å². The van der Waals surface area contributed by atoms with Gasteiger partial charge in [-0.2, -0.15) is 0 Å². The summed E-state index contributed by atoms with van der Waals surface area (Å²) in [7, 11) is 0. The normalized spacial score (nSPS) is 19.6. The lowest BCUT2D eigenvalue weighted by Gasteiger charge is -2.56. The molecule has 3 aliphatic heterocycles. The SMILES string of the molecule is CCN1CCN(C(=O)NC(C(=O)N[C@]2(NC=O)C(=O)N3C(C(=O)OC(c4ccccc4)c4ccccc4)=C(CSc4nncs4)CS[C@H]32)c2ccccc2)C(=O)C1=O. The highest BCUT2D eigenvalue weighted by Gasteiger charge is 2.66. The summed E-state index contributed by atoms with van der Waals surface area (Å²) >= 11 is 3.86. The molecule has 3 N–H and O–H groups in total. The van der Waals surface area contributed by atoms with Gasteiger partial charge < -0.3 is 25.6 Å². The summed E-state index contributed by atoms with van der Waals surface area (Å²) < 4.78 is 6.89. The predicted molar refractivity (Wildman–Crippen MR) is 213 cm³/mol. The largest absolute Gasteiger partial charge is 0.448 e. The van der Waals surface area contributed by atoms with E-state index >= 15 is 0 Å². The number of imide groups is 1. The summed E-state index contributed by atoms with van der Waals surface area (Å²) in [5, 5.41) is 14.6. The van der Waals surface area contributed by atoms with Gasteiger partial charge in [-0.05, 0) is 29.2 Å². The summed E-state index contributed by atoms with van der Waals surface area (Å²) in [5.41, 5.74) is 1.71. The molecule has 0 spiro atoms. The van der Waals surface area contributed by atoms with Gasteiger partial charge in [0.25, 0.3) is 5.91 Å². The van der Waals surface area contributed by atoms with Crippen LogP contribution in [0.4, 0.5) is 4.79 Å². The molecule has 3 aromatic carbocycles. The molecule has 2 saturated heterocycles. The van der Waals surface area contributed by atoms with E-state index in [4.69, 9.17) is 4.74 Å². The summed E-state index contributed by atoms with van der Waals surface area (Å²) in [6.45, 7) is 2.01. The summed E-state index contributed by atoms with van der Waals surface area (Å²) in [4.78, 5) is 97.8. The van der Waals surface area contributed by atoms with Crippen molar-refractivity contribution in [1.29, 1.82) is 0 Å². The number of carbonyl (C=O) groups is 7. The Bertz CT molecular complexity index is 2190. The Morgan fingerprint density at radius 2 is 1.57 bits per heavy atom. The number of thioether (sulfide) groups is 2. The zero-order chi connectivity index (χ0) is 40.8. The van der Waals surface area contributed by atoms with Crippen LogP contribution in [0.3, 0.4) is 0 Å². The molecule has 0 bridgehead atoms. The van der Waals surface area contributed by atoms with Crippen LogP contribution < -0.4 is 16.0 Å². The Labute approximate surface area is 344 Å². The quantitative estimate of drug-likeness (QED) is 0.0420. The molecule has 19 heteroatoms. The molecule has 3 atom stereocenters. The summed E-state index contributed by atoms with van der Waals surface area (Å²) in [6, 6.07) is 23.9. The Morgan fingerprint density at radius 1 is 0.931 bits per heavy atom. The molecule has 7 rings (SSSR count). The number of amides is 7. The highest BCUT2D eigenvalue weighted by molar-refractivity contribution is 8.01. The fourth-order valence-corrected chi connectivity index (χ4v) is 9.85. The lowest BCUT2D eigenvalue weighted by Crippen LogP contribution is -2.85. The lowest BCUT2D eigenvalue weighted by molar-refractivity contribution is -0.164. The number of hydrogen-bond donors (Lipinski definition) is 3. The third-order valence-electron chi connectivity index (χ3n) is 9.69. The topological polar surface area (TPSA) is 200 Å². The van der Waals surface area contributed by atoms with Gasteiger partial charge in [0.15, 0.2) is 10.4 Å². The number of hydrogen-bond acceptors (Lipinski definition) is 13. The maximum Gasteiger partial charge on any atom is 0.356 e. The van der Waals surface area contributed by atoms with E-state index in [9.17, 15) is 33.6 Å². The molecule has 58 heavy (non-hydrogen) atoms. The second kappa shape index (κ2) is 17.6. The van der Waals surface area contributed by atoms with Gasteiger partial charge in [-0.3, -0.25) is 33.8 Å². The smallest absolute Gasteiger partial charge is 0.356 e. The molecule has 4 heterocycles. The first kappa shape index (κ1) is 40.2. The maximum absolute atomic E-state index is 14.6. The zero-order valence-electron chi connectivity index (χ0n) is 30.8. The van der Waals surface area contributed by atoms with Crippen LogP contribution in [0.15, 0.2) is 112 Å². The molecule has 1 aromatic heterocycles. The number of aromatic nitrogens is 2. The minimum absolute atomic E-state index is 0.0393. The number of nitrogens with zero attached hydrogens (tertiary/aromatic N) is 5. The van der Waals surface area contributed by atoms with Gasteiger partial charge >= 0.3 is 23.8 Å². The number of esters is 1. The number of ether oxygens (including phenoxy) is 1. The average molecular weight is 841 g/mol. The zero-order valence-corrected chi connectivity index (χ0v) is 33.3. The minimum Gasteiger partial charge on any atom is -0.448 e. The fraction of sp³-hybridized carbons (Fsp3) is 0.256. The van der Waals surface area contributed by atoms with Crippen LogP contribution in [0.1, 0.15) is 35.8 Å². The number of likely N-dealkylation sites (N-methyl/N-ethyl adjacent to an activating group) is 1. The van der Waals surface area contributed by atoms with E-state index in [1.165, 1.54) is 44.7 Å². The van der Waals surface area contributed by atoms with Crippen LogP contribution in [0.25, 0.3) is 0 Å². The van der Waals surface area contributed by atoms with E-state index < -0.39 is 58.8 Å². The number of rotatable bonds is 14. The van der Waals surface area contributed by atoms with Crippen molar-refractivity contribution in [3.63, 3.8) is 0 Å². The second-order valence-electron chi connectivity index (χ2n) is 13.1. The monoisotopic (exact) mass is 840 g/mol. The first-order valence-corrected chi connectivity index (χ1v) is 20.9. The van der Waals surface area contributed by atoms with Crippen LogP contribution in [-0.4, -0.2) is 109 Å². The molecule has 298 valence electrons. The molecule has 16 nitrogen and oxygen atoms in total. The van der Waals surface area contributed by atoms with Crippen molar-refractivity contribution in [2.75, 3.05) is 31.1 Å². The molecular formula is C39H36N8O8S3. The summed E-state index contributed by atoms with van der Waals surface area (Å²) in [6.07, 6.45) is -0.573. The van der Waals surface area contributed by atoms with E-state index in [1.54, 1.807) is 42.8 Å². The van der Waals surface area contributed by atoms with E-state index in [1.807, 2.05) is 60.7 Å². The fourth-order valence-electron chi connectivity index (χ4n) is 6.80. The minimum atomic E-state index is -2.07. The number of nitrogens with one attached hydrogen (secondary N) is 3.